The highest BCUT2D eigenvalue weighted by molar-refractivity contribution is 4.92. The average molecular weight is 140 g/mol. The highest BCUT2D eigenvalue weighted by atomic mass is 15.3. The lowest BCUT2D eigenvalue weighted by atomic mass is 9.96. The zero-order valence-corrected chi connectivity index (χ0v) is 6.47. The standard InChI is InChI=1S/C8H16N2/c9-8-4-1-2-6-10(8)7-3-5-8/h1-7,9H2. The molecule has 0 spiro atoms. The van der Waals surface area contributed by atoms with Gasteiger partial charge in [0.15, 0.2) is 0 Å². The molecule has 2 fully saturated rings. The zero-order valence-electron chi connectivity index (χ0n) is 6.47. The Morgan fingerprint density at radius 1 is 1.00 bits per heavy atom. The van der Waals surface area contributed by atoms with Gasteiger partial charge in [-0.3, -0.25) is 4.90 Å². The molecule has 58 valence electrons. The van der Waals surface area contributed by atoms with Crippen LogP contribution in [0.2, 0.25) is 0 Å². The van der Waals surface area contributed by atoms with Crippen molar-refractivity contribution >= 4 is 0 Å². The lowest BCUT2D eigenvalue weighted by Gasteiger charge is -2.39. The van der Waals surface area contributed by atoms with Crippen LogP contribution >= 0.6 is 0 Å². The van der Waals surface area contributed by atoms with E-state index in [1.54, 1.807) is 0 Å². The number of piperidine rings is 1. The molecule has 0 amide bonds. The van der Waals surface area contributed by atoms with Gasteiger partial charge >= 0.3 is 0 Å². The normalized spacial score (nSPS) is 41.7. The molecule has 0 aliphatic carbocycles. The second-order valence-electron chi connectivity index (χ2n) is 3.65. The minimum atomic E-state index is 0.123. The molecule has 2 nitrogen and oxygen atoms in total. The molecule has 0 aromatic rings. The van der Waals surface area contributed by atoms with Crippen molar-refractivity contribution in [3.05, 3.63) is 0 Å². The van der Waals surface area contributed by atoms with E-state index >= 15 is 0 Å². The summed E-state index contributed by atoms with van der Waals surface area (Å²) in [5.74, 6) is 0. The molecule has 1 atom stereocenters. The van der Waals surface area contributed by atoms with E-state index in [0.717, 1.165) is 0 Å². The fourth-order valence-corrected chi connectivity index (χ4v) is 2.31. The van der Waals surface area contributed by atoms with Crippen LogP contribution < -0.4 is 5.73 Å². The highest BCUT2D eigenvalue weighted by Crippen LogP contribution is 2.32. The molecule has 2 N–H and O–H groups in total. The quantitative estimate of drug-likeness (QED) is 0.542. The summed E-state index contributed by atoms with van der Waals surface area (Å²) in [4.78, 5) is 2.47. The molecule has 1 unspecified atom stereocenters. The Morgan fingerprint density at radius 2 is 1.70 bits per heavy atom. The Labute approximate surface area is 62.4 Å². The lowest BCUT2D eigenvalue weighted by Crippen LogP contribution is -2.54. The van der Waals surface area contributed by atoms with E-state index in [1.807, 2.05) is 0 Å². The van der Waals surface area contributed by atoms with Crippen molar-refractivity contribution in [3.8, 4) is 0 Å². The second kappa shape index (κ2) is 2.21. The molecule has 10 heavy (non-hydrogen) atoms. The van der Waals surface area contributed by atoms with Crippen LogP contribution in [0.5, 0.6) is 0 Å². The van der Waals surface area contributed by atoms with Crippen molar-refractivity contribution in [3.63, 3.8) is 0 Å². The smallest absolute Gasteiger partial charge is 0.0687 e. The molecule has 0 saturated carbocycles. The van der Waals surface area contributed by atoms with E-state index in [1.165, 1.54) is 45.2 Å². The third-order valence-corrected chi connectivity index (χ3v) is 2.96. The molecule has 0 radical (unpaired) electrons. The Bertz CT molecular complexity index is 135. The van der Waals surface area contributed by atoms with Crippen LogP contribution in [0.15, 0.2) is 0 Å². The predicted octanol–water partition coefficient (Wildman–Crippen LogP) is 0.921. The van der Waals surface area contributed by atoms with Crippen LogP contribution in [-0.2, 0) is 0 Å². The third-order valence-electron chi connectivity index (χ3n) is 2.96. The number of hydrogen-bond donors (Lipinski definition) is 1. The second-order valence-corrected chi connectivity index (χ2v) is 3.65. The van der Waals surface area contributed by atoms with Gasteiger partial charge in [0, 0.05) is 0 Å². The Balaban J connectivity index is 2.10. The summed E-state index contributed by atoms with van der Waals surface area (Å²) in [6, 6.07) is 0. The van der Waals surface area contributed by atoms with E-state index in [4.69, 9.17) is 5.73 Å². The maximum absolute atomic E-state index is 6.19. The van der Waals surface area contributed by atoms with Gasteiger partial charge in [-0.05, 0) is 45.2 Å². The molecule has 2 heteroatoms. The van der Waals surface area contributed by atoms with Crippen LogP contribution in [0.1, 0.15) is 32.1 Å². The van der Waals surface area contributed by atoms with E-state index in [0.29, 0.717) is 0 Å². The molecule has 2 aliphatic rings. The van der Waals surface area contributed by atoms with Gasteiger partial charge in [-0.25, -0.2) is 0 Å². The zero-order chi connectivity index (χ0) is 7.03. The van der Waals surface area contributed by atoms with Crippen molar-refractivity contribution in [1.82, 2.24) is 4.90 Å². The molecule has 0 aromatic heterocycles. The fourth-order valence-electron chi connectivity index (χ4n) is 2.31. The first-order chi connectivity index (χ1) is 4.81. The van der Waals surface area contributed by atoms with Gasteiger partial charge in [-0.1, -0.05) is 0 Å². The highest BCUT2D eigenvalue weighted by Gasteiger charge is 2.38. The first-order valence-corrected chi connectivity index (χ1v) is 4.35. The molecule has 0 bridgehead atoms. The largest absolute Gasteiger partial charge is 0.313 e. The van der Waals surface area contributed by atoms with Gasteiger partial charge < -0.3 is 5.73 Å². The average Bonchev–Trinajstić information content (AvgIpc) is 2.29. The molecule has 2 aliphatic heterocycles. The summed E-state index contributed by atoms with van der Waals surface area (Å²) in [7, 11) is 0. The maximum atomic E-state index is 6.19. The van der Waals surface area contributed by atoms with Gasteiger partial charge in [-0.2, -0.15) is 0 Å². The van der Waals surface area contributed by atoms with Crippen molar-refractivity contribution in [2.45, 2.75) is 37.8 Å². The van der Waals surface area contributed by atoms with Crippen molar-refractivity contribution in [2.24, 2.45) is 5.73 Å². The van der Waals surface area contributed by atoms with Crippen LogP contribution in [0.25, 0.3) is 0 Å². The first-order valence-electron chi connectivity index (χ1n) is 4.35. The molecular formula is C8H16N2. The van der Waals surface area contributed by atoms with E-state index in [2.05, 4.69) is 4.90 Å². The van der Waals surface area contributed by atoms with Crippen LogP contribution in [0.3, 0.4) is 0 Å². The van der Waals surface area contributed by atoms with E-state index < -0.39 is 0 Å². The summed E-state index contributed by atoms with van der Waals surface area (Å²) in [6.45, 7) is 2.49. The van der Waals surface area contributed by atoms with Gasteiger partial charge in [0.1, 0.15) is 0 Å². The summed E-state index contributed by atoms with van der Waals surface area (Å²) >= 11 is 0. The Hall–Kier alpha value is -0.0800. The molecule has 0 aromatic carbocycles. The Morgan fingerprint density at radius 3 is 2.50 bits per heavy atom. The summed E-state index contributed by atoms with van der Waals surface area (Å²) < 4.78 is 0. The van der Waals surface area contributed by atoms with Crippen LogP contribution in [-0.4, -0.2) is 23.7 Å². The topological polar surface area (TPSA) is 29.3 Å². The Kier molecular flexibility index (Phi) is 1.46. The summed E-state index contributed by atoms with van der Waals surface area (Å²) in [5, 5.41) is 0. The van der Waals surface area contributed by atoms with Crippen LogP contribution in [0, 0.1) is 0 Å². The van der Waals surface area contributed by atoms with Gasteiger partial charge in [-0.15, -0.1) is 0 Å². The number of nitrogens with two attached hydrogens (primary N) is 1. The number of hydrogen-bond acceptors (Lipinski definition) is 2. The maximum Gasteiger partial charge on any atom is 0.0687 e. The minimum absolute atomic E-state index is 0.123. The minimum Gasteiger partial charge on any atom is -0.313 e. The number of nitrogens with zero attached hydrogens (tertiary/aromatic N) is 1. The third kappa shape index (κ3) is 0.867. The molecular weight excluding hydrogens is 124 g/mol. The van der Waals surface area contributed by atoms with E-state index in [9.17, 15) is 0 Å². The SMILES string of the molecule is NC12CCCCN1CCC2. The number of fused-ring (bicyclic) bond motifs is 1. The van der Waals surface area contributed by atoms with Crippen LogP contribution in [0.4, 0.5) is 0 Å². The summed E-state index contributed by atoms with van der Waals surface area (Å²) in [5.41, 5.74) is 6.31. The van der Waals surface area contributed by atoms with Gasteiger partial charge in [0.05, 0.1) is 5.66 Å². The molecule has 2 rings (SSSR count). The molecule has 2 saturated heterocycles. The van der Waals surface area contributed by atoms with Crippen molar-refractivity contribution in [1.29, 1.82) is 0 Å². The predicted molar refractivity (Wildman–Crippen MR) is 41.6 cm³/mol. The summed E-state index contributed by atoms with van der Waals surface area (Å²) in [6.07, 6.45) is 6.47. The van der Waals surface area contributed by atoms with E-state index in [-0.39, 0.29) is 5.66 Å². The lowest BCUT2D eigenvalue weighted by molar-refractivity contribution is 0.0962. The fraction of sp³-hybridized carbons (Fsp3) is 1.00. The van der Waals surface area contributed by atoms with Crippen molar-refractivity contribution < 1.29 is 0 Å². The monoisotopic (exact) mass is 140 g/mol. The first kappa shape index (κ1) is 6.62. The molecule has 2 heterocycles. The van der Waals surface area contributed by atoms with Gasteiger partial charge in [0.25, 0.3) is 0 Å². The van der Waals surface area contributed by atoms with Gasteiger partial charge in [0.2, 0.25) is 0 Å². The van der Waals surface area contributed by atoms with Crippen molar-refractivity contribution in [2.75, 3.05) is 13.1 Å². The number of rotatable bonds is 0.